The van der Waals surface area contributed by atoms with Crippen LogP contribution in [0, 0.1) is 17.8 Å². The van der Waals surface area contributed by atoms with Crippen LogP contribution >= 0.6 is 0 Å². The largest absolute Gasteiger partial charge is 0.425 e. The zero-order chi connectivity index (χ0) is 10.6. The van der Waals surface area contributed by atoms with Crippen molar-refractivity contribution >= 4 is 0 Å². The van der Waals surface area contributed by atoms with Crippen molar-refractivity contribution in [2.75, 3.05) is 0 Å². The van der Waals surface area contributed by atoms with Gasteiger partial charge < -0.3 is 5.11 Å². The Morgan fingerprint density at radius 1 is 1.14 bits per heavy atom. The molecule has 0 aliphatic heterocycles. The van der Waals surface area contributed by atoms with Gasteiger partial charge in [0.15, 0.2) is 0 Å². The van der Waals surface area contributed by atoms with Gasteiger partial charge in [-0.1, -0.05) is 31.1 Å². The van der Waals surface area contributed by atoms with Crippen LogP contribution in [0.15, 0.2) is 0 Å². The molecule has 1 rings (SSSR count). The number of hydrogen-bond donors (Lipinski definition) is 1. The summed E-state index contributed by atoms with van der Waals surface area (Å²) < 4.78 is 35.6. The van der Waals surface area contributed by atoms with E-state index in [9.17, 15) is 13.2 Å². The molecule has 0 heterocycles. The molecule has 0 aromatic rings. The molecular formula is C10H13F3O. The molecule has 1 nitrogen and oxygen atoms in total. The molecule has 0 radical (unpaired) electrons. The molecule has 0 bridgehead atoms. The molecule has 0 amide bonds. The van der Waals surface area contributed by atoms with E-state index in [0.717, 1.165) is 32.1 Å². The summed E-state index contributed by atoms with van der Waals surface area (Å²) in [6.45, 7) is 0. The van der Waals surface area contributed by atoms with Gasteiger partial charge in [-0.15, -0.1) is 0 Å². The first kappa shape index (κ1) is 11.4. The zero-order valence-electron chi connectivity index (χ0n) is 7.77. The predicted molar refractivity (Wildman–Crippen MR) is 46.4 cm³/mol. The van der Waals surface area contributed by atoms with Gasteiger partial charge in [-0.2, -0.15) is 13.2 Å². The van der Waals surface area contributed by atoms with Crippen molar-refractivity contribution in [2.24, 2.45) is 5.92 Å². The van der Waals surface area contributed by atoms with Crippen molar-refractivity contribution in [2.45, 2.75) is 44.4 Å². The smallest absolute Gasteiger partial charge is 0.372 e. The third-order valence-corrected chi connectivity index (χ3v) is 2.34. The first-order valence-electron chi connectivity index (χ1n) is 4.76. The van der Waals surface area contributed by atoms with Crippen molar-refractivity contribution < 1.29 is 18.3 Å². The van der Waals surface area contributed by atoms with Crippen LogP contribution in [0.5, 0.6) is 0 Å². The summed E-state index contributed by atoms with van der Waals surface area (Å²) in [5.74, 6) is 4.42. The van der Waals surface area contributed by atoms with Gasteiger partial charge in [0.2, 0.25) is 6.10 Å². The van der Waals surface area contributed by atoms with Gasteiger partial charge in [0.1, 0.15) is 0 Å². The van der Waals surface area contributed by atoms with Gasteiger partial charge >= 0.3 is 6.18 Å². The molecule has 0 aromatic carbocycles. The van der Waals surface area contributed by atoms with Crippen LogP contribution in [-0.2, 0) is 0 Å². The maximum atomic E-state index is 11.9. The molecular weight excluding hydrogens is 193 g/mol. The highest BCUT2D eigenvalue weighted by Crippen LogP contribution is 2.23. The minimum Gasteiger partial charge on any atom is -0.372 e. The van der Waals surface area contributed by atoms with Gasteiger partial charge in [-0.3, -0.25) is 0 Å². The van der Waals surface area contributed by atoms with E-state index < -0.39 is 12.3 Å². The monoisotopic (exact) mass is 206 g/mol. The van der Waals surface area contributed by atoms with Crippen LogP contribution in [0.2, 0.25) is 0 Å². The average molecular weight is 206 g/mol. The highest BCUT2D eigenvalue weighted by atomic mass is 19.4. The van der Waals surface area contributed by atoms with E-state index in [0.29, 0.717) is 0 Å². The quantitative estimate of drug-likeness (QED) is 0.604. The summed E-state index contributed by atoms with van der Waals surface area (Å²) in [6.07, 6.45) is -2.18. The van der Waals surface area contributed by atoms with Crippen LogP contribution in [0.3, 0.4) is 0 Å². The molecule has 4 heteroatoms. The Morgan fingerprint density at radius 2 is 1.71 bits per heavy atom. The maximum Gasteiger partial charge on any atom is 0.425 e. The van der Waals surface area contributed by atoms with Crippen molar-refractivity contribution in [1.82, 2.24) is 0 Å². The third kappa shape index (κ3) is 3.59. The van der Waals surface area contributed by atoms with Crippen molar-refractivity contribution in [3.8, 4) is 11.8 Å². The van der Waals surface area contributed by atoms with Gasteiger partial charge in [0.05, 0.1) is 0 Å². The zero-order valence-corrected chi connectivity index (χ0v) is 7.77. The standard InChI is InChI=1S/C10H13F3O/c11-10(12,13)9(14)7-6-8-4-2-1-3-5-8/h8-9,14H,1-5H2/t9-/m1/s1. The van der Waals surface area contributed by atoms with E-state index in [1.54, 1.807) is 0 Å². The molecule has 0 saturated heterocycles. The Bertz CT molecular complexity index is 230. The van der Waals surface area contributed by atoms with E-state index in [1.807, 2.05) is 5.92 Å². The molecule has 1 aliphatic carbocycles. The topological polar surface area (TPSA) is 20.2 Å². The number of halogens is 3. The number of rotatable bonds is 0. The van der Waals surface area contributed by atoms with Gasteiger partial charge in [0, 0.05) is 5.92 Å². The van der Waals surface area contributed by atoms with Crippen molar-refractivity contribution in [3.63, 3.8) is 0 Å². The van der Waals surface area contributed by atoms with Gasteiger partial charge in [0.25, 0.3) is 0 Å². The summed E-state index contributed by atoms with van der Waals surface area (Å²) in [5.41, 5.74) is 0. The lowest BCUT2D eigenvalue weighted by molar-refractivity contribution is -0.184. The summed E-state index contributed by atoms with van der Waals surface area (Å²) >= 11 is 0. The lowest BCUT2D eigenvalue weighted by Crippen LogP contribution is -2.26. The van der Waals surface area contributed by atoms with E-state index in [4.69, 9.17) is 5.11 Å². The lowest BCUT2D eigenvalue weighted by Gasteiger charge is -2.16. The van der Waals surface area contributed by atoms with Crippen LogP contribution in [-0.4, -0.2) is 17.4 Å². The Labute approximate surface area is 81.3 Å². The minimum atomic E-state index is -4.61. The van der Waals surface area contributed by atoms with Crippen LogP contribution in [0.1, 0.15) is 32.1 Å². The number of hydrogen-bond acceptors (Lipinski definition) is 1. The highest BCUT2D eigenvalue weighted by Gasteiger charge is 2.37. The van der Waals surface area contributed by atoms with Crippen LogP contribution in [0.4, 0.5) is 13.2 Å². The Kier molecular flexibility index (Phi) is 3.82. The van der Waals surface area contributed by atoms with Crippen molar-refractivity contribution in [3.05, 3.63) is 0 Å². The molecule has 14 heavy (non-hydrogen) atoms. The normalized spacial score (nSPS) is 21.1. The second-order valence-electron chi connectivity index (χ2n) is 3.57. The van der Waals surface area contributed by atoms with Crippen LogP contribution in [0.25, 0.3) is 0 Å². The summed E-state index contributed by atoms with van der Waals surface area (Å²) in [6, 6.07) is 0. The SMILES string of the molecule is O[C@H](C#CC1CCCCC1)C(F)(F)F. The molecule has 1 saturated carbocycles. The number of aliphatic hydroxyl groups is 1. The average Bonchev–Trinajstić information content (AvgIpc) is 2.14. The summed E-state index contributed by atoms with van der Waals surface area (Å²) in [7, 11) is 0. The molecule has 1 N–H and O–H groups in total. The number of alkyl halides is 3. The molecule has 1 atom stereocenters. The maximum absolute atomic E-state index is 11.9. The molecule has 0 unspecified atom stereocenters. The Hall–Kier alpha value is -0.690. The van der Waals surface area contributed by atoms with Crippen molar-refractivity contribution in [1.29, 1.82) is 0 Å². The molecule has 1 aliphatic rings. The summed E-state index contributed by atoms with van der Waals surface area (Å²) in [4.78, 5) is 0. The fourth-order valence-corrected chi connectivity index (χ4v) is 1.53. The summed E-state index contributed by atoms with van der Waals surface area (Å²) in [5, 5.41) is 8.62. The molecule has 0 aromatic heterocycles. The first-order valence-corrected chi connectivity index (χ1v) is 4.76. The molecule has 1 fully saturated rings. The van der Waals surface area contributed by atoms with E-state index in [2.05, 4.69) is 5.92 Å². The van der Waals surface area contributed by atoms with E-state index in [-0.39, 0.29) is 5.92 Å². The lowest BCUT2D eigenvalue weighted by atomic mass is 9.90. The predicted octanol–water partition coefficient (Wildman–Crippen LogP) is 2.49. The molecule has 80 valence electrons. The minimum absolute atomic E-state index is 0.0424. The Balaban J connectivity index is 2.45. The van der Waals surface area contributed by atoms with E-state index in [1.165, 1.54) is 0 Å². The molecule has 0 spiro atoms. The second-order valence-corrected chi connectivity index (χ2v) is 3.57. The first-order chi connectivity index (χ1) is 6.50. The number of aliphatic hydroxyl groups excluding tert-OH is 1. The van der Waals surface area contributed by atoms with Gasteiger partial charge in [-0.25, -0.2) is 0 Å². The third-order valence-electron chi connectivity index (χ3n) is 2.34. The van der Waals surface area contributed by atoms with Crippen LogP contribution < -0.4 is 0 Å². The van der Waals surface area contributed by atoms with E-state index >= 15 is 0 Å². The Morgan fingerprint density at radius 3 is 2.21 bits per heavy atom. The fourth-order valence-electron chi connectivity index (χ4n) is 1.53. The van der Waals surface area contributed by atoms with Gasteiger partial charge in [-0.05, 0) is 12.8 Å². The second kappa shape index (κ2) is 4.70. The fraction of sp³-hybridized carbons (Fsp3) is 0.800. The highest BCUT2D eigenvalue weighted by molar-refractivity contribution is 5.10.